The Hall–Kier alpha value is -2.04. The van der Waals surface area contributed by atoms with Gasteiger partial charge < -0.3 is 9.72 Å². The van der Waals surface area contributed by atoms with E-state index in [1.807, 2.05) is 35.8 Å². The fourth-order valence-corrected chi connectivity index (χ4v) is 3.27. The van der Waals surface area contributed by atoms with E-state index in [0.29, 0.717) is 6.61 Å². The molecule has 0 amide bonds. The molecule has 5 nitrogen and oxygen atoms in total. The number of imidazole rings is 1. The highest BCUT2D eigenvalue weighted by Gasteiger charge is 2.29. The van der Waals surface area contributed by atoms with Gasteiger partial charge in [-0.3, -0.25) is 9.36 Å². The second-order valence-corrected chi connectivity index (χ2v) is 5.57. The van der Waals surface area contributed by atoms with Crippen LogP contribution in [0.3, 0.4) is 0 Å². The van der Waals surface area contributed by atoms with E-state index in [4.69, 9.17) is 4.74 Å². The zero-order chi connectivity index (χ0) is 14.8. The smallest absolute Gasteiger partial charge is 0.326 e. The number of H-pyrrole nitrogens is 1. The first-order chi connectivity index (χ1) is 10.2. The third-order valence-electron chi connectivity index (χ3n) is 4.31. The molecule has 21 heavy (non-hydrogen) atoms. The van der Waals surface area contributed by atoms with Gasteiger partial charge in [0, 0.05) is 6.04 Å². The highest BCUT2D eigenvalue weighted by atomic mass is 16.5. The number of carbonyl (C=O) groups is 1. The normalized spacial score (nSPS) is 22.3. The van der Waals surface area contributed by atoms with Crippen LogP contribution < -0.4 is 5.69 Å². The van der Waals surface area contributed by atoms with Crippen molar-refractivity contribution >= 4 is 17.0 Å². The topological polar surface area (TPSA) is 64.1 Å². The standard InChI is InChI=1S/C16H20N2O3/c1-2-21-15(19)11-7-9-12(10-8-11)18-14-6-4-3-5-13(14)17-16(18)20/h3-6,11-12H,2,7-10H2,1H3,(H,17,20). The van der Waals surface area contributed by atoms with Crippen LogP contribution in [0.1, 0.15) is 38.6 Å². The molecule has 5 heteroatoms. The van der Waals surface area contributed by atoms with Gasteiger partial charge in [0.15, 0.2) is 0 Å². The molecule has 1 aromatic carbocycles. The number of nitrogens with one attached hydrogen (secondary N) is 1. The summed E-state index contributed by atoms with van der Waals surface area (Å²) in [6.07, 6.45) is 3.25. The summed E-state index contributed by atoms with van der Waals surface area (Å²) in [7, 11) is 0. The van der Waals surface area contributed by atoms with Crippen LogP contribution in [0.25, 0.3) is 11.0 Å². The minimum Gasteiger partial charge on any atom is -0.466 e. The Bertz CT molecular complexity index is 693. The van der Waals surface area contributed by atoms with Gasteiger partial charge in [-0.15, -0.1) is 0 Å². The maximum absolute atomic E-state index is 12.2. The van der Waals surface area contributed by atoms with Gasteiger partial charge in [0.2, 0.25) is 0 Å². The van der Waals surface area contributed by atoms with E-state index in [1.54, 1.807) is 0 Å². The van der Waals surface area contributed by atoms with Crippen molar-refractivity contribution in [3.8, 4) is 0 Å². The van der Waals surface area contributed by atoms with E-state index in [2.05, 4.69) is 4.98 Å². The quantitative estimate of drug-likeness (QED) is 0.883. The molecule has 0 saturated heterocycles. The van der Waals surface area contributed by atoms with Gasteiger partial charge in [-0.05, 0) is 44.7 Å². The molecule has 1 saturated carbocycles. The zero-order valence-corrected chi connectivity index (χ0v) is 12.2. The van der Waals surface area contributed by atoms with Crippen molar-refractivity contribution in [1.82, 2.24) is 9.55 Å². The predicted molar refractivity (Wildman–Crippen MR) is 80.2 cm³/mol. The fourth-order valence-electron chi connectivity index (χ4n) is 3.27. The maximum Gasteiger partial charge on any atom is 0.326 e. The van der Waals surface area contributed by atoms with Gasteiger partial charge in [-0.2, -0.15) is 0 Å². The van der Waals surface area contributed by atoms with Crippen LogP contribution in [0.5, 0.6) is 0 Å². The number of para-hydroxylation sites is 2. The minimum atomic E-state index is -0.0952. The summed E-state index contributed by atoms with van der Waals surface area (Å²) in [4.78, 5) is 26.8. The van der Waals surface area contributed by atoms with Crippen molar-refractivity contribution in [3.05, 3.63) is 34.7 Å². The Balaban J connectivity index is 1.79. The number of rotatable bonds is 3. The van der Waals surface area contributed by atoms with Crippen molar-refractivity contribution in [2.45, 2.75) is 38.6 Å². The van der Waals surface area contributed by atoms with E-state index in [0.717, 1.165) is 36.7 Å². The Morgan fingerprint density at radius 1 is 1.29 bits per heavy atom. The summed E-state index contributed by atoms with van der Waals surface area (Å²) < 4.78 is 6.93. The lowest BCUT2D eigenvalue weighted by Crippen LogP contribution is -2.29. The van der Waals surface area contributed by atoms with Gasteiger partial charge in [-0.1, -0.05) is 12.1 Å². The molecule has 0 spiro atoms. The average molecular weight is 288 g/mol. The van der Waals surface area contributed by atoms with E-state index < -0.39 is 0 Å². The minimum absolute atomic E-state index is 0.0119. The Morgan fingerprint density at radius 3 is 2.71 bits per heavy atom. The second-order valence-electron chi connectivity index (χ2n) is 5.57. The summed E-state index contributed by atoms with van der Waals surface area (Å²) >= 11 is 0. The third kappa shape index (κ3) is 2.60. The van der Waals surface area contributed by atoms with E-state index in [1.165, 1.54) is 0 Å². The van der Waals surface area contributed by atoms with Gasteiger partial charge in [0.05, 0.1) is 23.6 Å². The third-order valence-corrected chi connectivity index (χ3v) is 4.31. The number of hydrogen-bond acceptors (Lipinski definition) is 3. The molecule has 1 heterocycles. The molecule has 0 atom stereocenters. The highest BCUT2D eigenvalue weighted by molar-refractivity contribution is 5.75. The lowest BCUT2D eigenvalue weighted by Gasteiger charge is -2.28. The number of fused-ring (bicyclic) bond motifs is 1. The molecule has 0 radical (unpaired) electrons. The van der Waals surface area contributed by atoms with Crippen LogP contribution >= 0.6 is 0 Å². The lowest BCUT2D eigenvalue weighted by molar-refractivity contribution is -0.149. The lowest BCUT2D eigenvalue weighted by atomic mass is 9.86. The van der Waals surface area contributed by atoms with Crippen molar-refractivity contribution in [2.75, 3.05) is 6.61 Å². The van der Waals surface area contributed by atoms with Crippen molar-refractivity contribution in [2.24, 2.45) is 5.92 Å². The molecule has 0 unspecified atom stereocenters. The van der Waals surface area contributed by atoms with Crippen molar-refractivity contribution in [1.29, 1.82) is 0 Å². The number of hydrogen-bond donors (Lipinski definition) is 1. The van der Waals surface area contributed by atoms with Crippen LogP contribution in [0.15, 0.2) is 29.1 Å². The van der Waals surface area contributed by atoms with Gasteiger partial charge >= 0.3 is 11.7 Å². The molecule has 1 aliphatic carbocycles. The number of esters is 1. The predicted octanol–water partition coefficient (Wildman–Crippen LogP) is 2.62. The first-order valence-electron chi connectivity index (χ1n) is 7.56. The van der Waals surface area contributed by atoms with Gasteiger partial charge in [-0.25, -0.2) is 4.79 Å². The van der Waals surface area contributed by atoms with E-state index in [9.17, 15) is 9.59 Å². The summed E-state index contributed by atoms with van der Waals surface area (Å²) in [5, 5.41) is 0. The first kappa shape index (κ1) is 13.9. The molecule has 0 aliphatic heterocycles. The Labute approximate surface area is 122 Å². The van der Waals surface area contributed by atoms with Gasteiger partial charge in [0.1, 0.15) is 0 Å². The monoisotopic (exact) mass is 288 g/mol. The number of nitrogens with zero attached hydrogens (tertiary/aromatic N) is 1. The van der Waals surface area contributed by atoms with Crippen molar-refractivity contribution < 1.29 is 9.53 Å². The molecule has 1 N–H and O–H groups in total. The van der Waals surface area contributed by atoms with Crippen LogP contribution in [-0.4, -0.2) is 22.1 Å². The Morgan fingerprint density at radius 2 is 2.00 bits per heavy atom. The second kappa shape index (κ2) is 5.76. The first-order valence-corrected chi connectivity index (χ1v) is 7.56. The SMILES string of the molecule is CCOC(=O)C1CCC(n2c(=O)[nH]c3ccccc32)CC1. The number of aromatic amines is 1. The van der Waals surface area contributed by atoms with E-state index >= 15 is 0 Å². The Kier molecular flexibility index (Phi) is 3.82. The number of ether oxygens (including phenoxy) is 1. The molecule has 0 bridgehead atoms. The number of benzene rings is 1. The highest BCUT2D eigenvalue weighted by Crippen LogP contribution is 2.33. The van der Waals surface area contributed by atoms with Crippen LogP contribution in [0.2, 0.25) is 0 Å². The maximum atomic E-state index is 12.2. The fraction of sp³-hybridized carbons (Fsp3) is 0.500. The number of carbonyl (C=O) groups excluding carboxylic acids is 1. The molecule has 2 aromatic rings. The molecular formula is C16H20N2O3. The number of aromatic nitrogens is 2. The van der Waals surface area contributed by atoms with E-state index in [-0.39, 0.29) is 23.6 Å². The largest absolute Gasteiger partial charge is 0.466 e. The summed E-state index contributed by atoms with van der Waals surface area (Å²) in [6.45, 7) is 2.26. The molecule has 3 rings (SSSR count). The summed E-state index contributed by atoms with van der Waals surface area (Å²) in [5.74, 6) is -0.107. The van der Waals surface area contributed by atoms with Crippen molar-refractivity contribution in [3.63, 3.8) is 0 Å². The molecule has 1 aromatic heterocycles. The van der Waals surface area contributed by atoms with Crippen LogP contribution in [0, 0.1) is 5.92 Å². The van der Waals surface area contributed by atoms with Crippen LogP contribution in [-0.2, 0) is 9.53 Å². The molecule has 112 valence electrons. The summed E-state index contributed by atoms with van der Waals surface area (Å²) in [6, 6.07) is 7.90. The molecular weight excluding hydrogens is 268 g/mol. The average Bonchev–Trinajstić information content (AvgIpc) is 2.83. The van der Waals surface area contributed by atoms with Gasteiger partial charge in [0.25, 0.3) is 0 Å². The molecule has 1 aliphatic rings. The van der Waals surface area contributed by atoms with Crippen LogP contribution in [0.4, 0.5) is 0 Å². The zero-order valence-electron chi connectivity index (χ0n) is 12.2. The molecule has 1 fully saturated rings. The summed E-state index contributed by atoms with van der Waals surface area (Å²) in [5.41, 5.74) is 1.76.